The molecular formula is C14H11BrCl2FN. The summed E-state index contributed by atoms with van der Waals surface area (Å²) >= 11 is 15.2. The van der Waals surface area contributed by atoms with Crippen molar-refractivity contribution in [2.45, 2.75) is 12.5 Å². The van der Waals surface area contributed by atoms with E-state index in [1.54, 1.807) is 18.2 Å². The van der Waals surface area contributed by atoms with Crippen molar-refractivity contribution in [2.24, 2.45) is 5.73 Å². The van der Waals surface area contributed by atoms with Gasteiger partial charge in [-0.2, -0.15) is 0 Å². The first kappa shape index (κ1) is 14.8. The first-order valence-corrected chi connectivity index (χ1v) is 7.16. The van der Waals surface area contributed by atoms with Crippen LogP contribution in [0.4, 0.5) is 4.39 Å². The van der Waals surface area contributed by atoms with Gasteiger partial charge in [0, 0.05) is 20.6 Å². The van der Waals surface area contributed by atoms with Crippen LogP contribution in [0.1, 0.15) is 17.2 Å². The normalized spacial score (nSPS) is 12.5. The van der Waals surface area contributed by atoms with E-state index in [9.17, 15) is 4.39 Å². The number of benzene rings is 2. The Kier molecular flexibility index (Phi) is 4.85. The molecule has 5 heteroatoms. The van der Waals surface area contributed by atoms with Crippen molar-refractivity contribution in [1.29, 1.82) is 0 Å². The fraction of sp³-hybridized carbons (Fsp3) is 0.143. The molecule has 0 aliphatic heterocycles. The van der Waals surface area contributed by atoms with Gasteiger partial charge in [-0.05, 0) is 47.9 Å². The summed E-state index contributed by atoms with van der Waals surface area (Å²) in [6.07, 6.45) is 0.360. The SMILES string of the molecule is NC(Cc1ccc(Cl)cc1F)c1cc(Br)ccc1Cl. The van der Waals surface area contributed by atoms with Crippen LogP contribution < -0.4 is 5.73 Å². The molecule has 0 aliphatic rings. The van der Waals surface area contributed by atoms with E-state index in [1.807, 2.05) is 12.1 Å². The van der Waals surface area contributed by atoms with Gasteiger partial charge in [0.25, 0.3) is 0 Å². The van der Waals surface area contributed by atoms with E-state index in [0.717, 1.165) is 10.0 Å². The number of halogens is 4. The lowest BCUT2D eigenvalue weighted by Gasteiger charge is -2.15. The summed E-state index contributed by atoms with van der Waals surface area (Å²) in [6, 6.07) is 9.65. The minimum Gasteiger partial charge on any atom is -0.324 e. The van der Waals surface area contributed by atoms with Crippen molar-refractivity contribution in [3.8, 4) is 0 Å². The number of nitrogens with two attached hydrogens (primary N) is 1. The minimum absolute atomic E-state index is 0.353. The maximum Gasteiger partial charge on any atom is 0.127 e. The van der Waals surface area contributed by atoms with E-state index < -0.39 is 0 Å². The highest BCUT2D eigenvalue weighted by Gasteiger charge is 2.14. The van der Waals surface area contributed by atoms with Gasteiger partial charge >= 0.3 is 0 Å². The molecule has 2 N–H and O–H groups in total. The molecule has 2 aromatic carbocycles. The molecule has 19 heavy (non-hydrogen) atoms. The van der Waals surface area contributed by atoms with Gasteiger partial charge in [0.1, 0.15) is 5.82 Å². The van der Waals surface area contributed by atoms with Crippen molar-refractivity contribution in [1.82, 2.24) is 0 Å². The zero-order valence-corrected chi connectivity index (χ0v) is 12.9. The second-order valence-electron chi connectivity index (χ2n) is 4.21. The molecular weight excluding hydrogens is 352 g/mol. The molecule has 0 bridgehead atoms. The van der Waals surface area contributed by atoms with Gasteiger partial charge < -0.3 is 5.73 Å². The molecule has 1 atom stereocenters. The van der Waals surface area contributed by atoms with Crippen LogP contribution in [0.3, 0.4) is 0 Å². The Morgan fingerprint density at radius 3 is 2.58 bits per heavy atom. The van der Waals surface area contributed by atoms with Gasteiger partial charge in [0.05, 0.1) is 0 Å². The summed E-state index contributed by atoms with van der Waals surface area (Å²) in [7, 11) is 0. The predicted molar refractivity (Wildman–Crippen MR) is 81.2 cm³/mol. The highest BCUT2D eigenvalue weighted by atomic mass is 79.9. The zero-order chi connectivity index (χ0) is 14.0. The Morgan fingerprint density at radius 2 is 1.89 bits per heavy atom. The Balaban J connectivity index is 2.25. The summed E-state index contributed by atoms with van der Waals surface area (Å²) in [5.74, 6) is -0.353. The van der Waals surface area contributed by atoms with Crippen LogP contribution in [0.2, 0.25) is 10.0 Å². The molecule has 100 valence electrons. The molecule has 1 nitrogen and oxygen atoms in total. The third-order valence-corrected chi connectivity index (χ3v) is 3.89. The summed E-state index contributed by atoms with van der Waals surface area (Å²) < 4.78 is 14.6. The molecule has 0 radical (unpaired) electrons. The molecule has 0 saturated heterocycles. The number of hydrogen-bond acceptors (Lipinski definition) is 1. The van der Waals surface area contributed by atoms with E-state index in [1.165, 1.54) is 6.07 Å². The number of hydrogen-bond donors (Lipinski definition) is 1. The van der Waals surface area contributed by atoms with Crippen molar-refractivity contribution < 1.29 is 4.39 Å². The van der Waals surface area contributed by atoms with Crippen molar-refractivity contribution in [2.75, 3.05) is 0 Å². The van der Waals surface area contributed by atoms with Crippen LogP contribution in [-0.2, 0) is 6.42 Å². The highest BCUT2D eigenvalue weighted by Crippen LogP contribution is 2.28. The highest BCUT2D eigenvalue weighted by molar-refractivity contribution is 9.10. The van der Waals surface area contributed by atoms with Crippen LogP contribution in [0, 0.1) is 5.82 Å². The fourth-order valence-corrected chi connectivity index (χ4v) is 2.63. The van der Waals surface area contributed by atoms with E-state index in [0.29, 0.717) is 22.0 Å². The Morgan fingerprint density at radius 1 is 1.16 bits per heavy atom. The van der Waals surface area contributed by atoms with E-state index >= 15 is 0 Å². The third kappa shape index (κ3) is 3.69. The first-order chi connectivity index (χ1) is 8.97. The summed E-state index contributed by atoms with van der Waals surface area (Å²) in [4.78, 5) is 0. The van der Waals surface area contributed by atoms with Crippen LogP contribution >= 0.6 is 39.1 Å². The largest absolute Gasteiger partial charge is 0.324 e. The second kappa shape index (κ2) is 6.23. The number of rotatable bonds is 3. The minimum atomic E-state index is -0.374. The molecule has 0 aromatic heterocycles. The standard InChI is InChI=1S/C14H11BrCl2FN/c15-9-2-4-12(17)11(6-9)14(19)5-8-1-3-10(16)7-13(8)18/h1-4,6-7,14H,5,19H2. The average Bonchev–Trinajstić information content (AvgIpc) is 2.35. The van der Waals surface area contributed by atoms with Gasteiger partial charge in [-0.25, -0.2) is 4.39 Å². The molecule has 0 spiro atoms. The van der Waals surface area contributed by atoms with E-state index in [2.05, 4.69) is 15.9 Å². The van der Waals surface area contributed by atoms with Crippen LogP contribution in [0.25, 0.3) is 0 Å². The van der Waals surface area contributed by atoms with Crippen molar-refractivity contribution in [3.05, 3.63) is 67.9 Å². The fourth-order valence-electron chi connectivity index (χ4n) is 1.83. The molecule has 0 amide bonds. The lowest BCUT2D eigenvalue weighted by atomic mass is 9.99. The van der Waals surface area contributed by atoms with Gasteiger partial charge in [-0.15, -0.1) is 0 Å². The molecule has 1 unspecified atom stereocenters. The summed E-state index contributed by atoms with van der Waals surface area (Å²) in [5.41, 5.74) is 7.40. The van der Waals surface area contributed by atoms with Crippen LogP contribution in [-0.4, -0.2) is 0 Å². The lowest BCUT2D eigenvalue weighted by Crippen LogP contribution is -2.14. The van der Waals surface area contributed by atoms with Gasteiger partial charge in [-0.3, -0.25) is 0 Å². The third-order valence-electron chi connectivity index (χ3n) is 2.81. The maximum absolute atomic E-state index is 13.7. The van der Waals surface area contributed by atoms with Gasteiger partial charge in [0.15, 0.2) is 0 Å². The van der Waals surface area contributed by atoms with Gasteiger partial charge in [0.2, 0.25) is 0 Å². The molecule has 2 aromatic rings. The monoisotopic (exact) mass is 361 g/mol. The van der Waals surface area contributed by atoms with E-state index in [-0.39, 0.29) is 11.9 Å². The van der Waals surface area contributed by atoms with Gasteiger partial charge in [-0.1, -0.05) is 45.2 Å². The Hall–Kier alpha value is -0.610. The first-order valence-electron chi connectivity index (χ1n) is 5.62. The maximum atomic E-state index is 13.7. The smallest absolute Gasteiger partial charge is 0.127 e. The topological polar surface area (TPSA) is 26.0 Å². The van der Waals surface area contributed by atoms with Crippen molar-refractivity contribution >= 4 is 39.1 Å². The lowest BCUT2D eigenvalue weighted by molar-refractivity contribution is 0.593. The second-order valence-corrected chi connectivity index (χ2v) is 5.97. The molecule has 2 rings (SSSR count). The van der Waals surface area contributed by atoms with E-state index in [4.69, 9.17) is 28.9 Å². The quantitative estimate of drug-likeness (QED) is 0.803. The Labute approximate surface area is 129 Å². The molecule has 0 aliphatic carbocycles. The van der Waals surface area contributed by atoms with Crippen LogP contribution in [0.5, 0.6) is 0 Å². The molecule has 0 saturated carbocycles. The molecule has 0 heterocycles. The summed E-state index contributed by atoms with van der Waals surface area (Å²) in [5, 5.41) is 0.945. The Bertz CT molecular complexity index is 604. The summed E-state index contributed by atoms with van der Waals surface area (Å²) in [6.45, 7) is 0. The van der Waals surface area contributed by atoms with Crippen molar-refractivity contribution in [3.63, 3.8) is 0 Å². The zero-order valence-electron chi connectivity index (χ0n) is 9.84. The predicted octanol–water partition coefficient (Wildman–Crippen LogP) is 5.14. The molecule has 0 fully saturated rings. The average molecular weight is 363 g/mol. The van der Waals surface area contributed by atoms with Crippen LogP contribution in [0.15, 0.2) is 40.9 Å².